The Morgan fingerprint density at radius 3 is 2.37 bits per heavy atom. The first-order valence-corrected chi connectivity index (χ1v) is 14.2. The molecule has 6 nitrogen and oxygen atoms in total. The Bertz CT molecular complexity index is 1730. The molecule has 1 heterocycles. The van der Waals surface area contributed by atoms with Crippen molar-refractivity contribution >= 4 is 34.5 Å². The molecule has 0 bridgehead atoms. The first-order valence-electron chi connectivity index (χ1n) is 13.8. The Morgan fingerprint density at radius 2 is 1.66 bits per heavy atom. The summed E-state index contributed by atoms with van der Waals surface area (Å²) >= 11 is 6.41. The van der Waals surface area contributed by atoms with Crippen LogP contribution in [0.25, 0.3) is 33.5 Å². The van der Waals surface area contributed by atoms with Crippen LogP contribution in [0.3, 0.4) is 0 Å². The molecule has 0 radical (unpaired) electrons. The lowest BCUT2D eigenvalue weighted by atomic mass is 9.93. The zero-order chi connectivity index (χ0) is 29.1. The van der Waals surface area contributed by atoms with Gasteiger partial charge in [-0.1, -0.05) is 81.3 Å². The predicted molar refractivity (Wildman–Crippen MR) is 165 cm³/mol. The van der Waals surface area contributed by atoms with Crippen LogP contribution in [0.15, 0.2) is 84.9 Å². The van der Waals surface area contributed by atoms with Crippen LogP contribution < -0.4 is 5.32 Å². The molecular weight excluding hydrogens is 534 g/mol. The molecule has 3 N–H and O–H groups in total. The molecule has 0 spiro atoms. The van der Waals surface area contributed by atoms with E-state index in [0.29, 0.717) is 33.5 Å². The van der Waals surface area contributed by atoms with Crippen LogP contribution in [0.2, 0.25) is 5.02 Å². The quantitative estimate of drug-likeness (QED) is 0.167. The molecule has 1 aromatic heterocycles. The maximum atomic E-state index is 13.3. The average molecular weight is 566 g/mol. The first-order chi connectivity index (χ1) is 19.7. The number of nitrogens with zero attached hydrogens (tertiary/aromatic N) is 1. The number of H-pyrrole nitrogens is 1. The molecule has 0 unspecified atom stereocenters. The molecule has 1 amide bonds. The number of carboxylic acids is 1. The summed E-state index contributed by atoms with van der Waals surface area (Å²) in [7, 11) is 0. The maximum Gasteiger partial charge on any atom is 0.336 e. The lowest BCUT2D eigenvalue weighted by Gasteiger charge is -2.19. The van der Waals surface area contributed by atoms with Gasteiger partial charge < -0.3 is 15.4 Å². The van der Waals surface area contributed by atoms with E-state index >= 15 is 0 Å². The van der Waals surface area contributed by atoms with Gasteiger partial charge in [-0.25, -0.2) is 9.78 Å². The lowest BCUT2D eigenvalue weighted by Crippen LogP contribution is -2.28. The van der Waals surface area contributed by atoms with Crippen molar-refractivity contribution in [3.63, 3.8) is 0 Å². The van der Waals surface area contributed by atoms with Crippen LogP contribution >= 0.6 is 11.6 Å². The number of benzene rings is 4. The summed E-state index contributed by atoms with van der Waals surface area (Å²) < 4.78 is 0. The van der Waals surface area contributed by atoms with Gasteiger partial charge in [0.25, 0.3) is 5.91 Å². The third kappa shape index (κ3) is 6.03. The Kier molecular flexibility index (Phi) is 8.22. The van der Waals surface area contributed by atoms with E-state index in [1.165, 1.54) is 11.6 Å². The minimum absolute atomic E-state index is 0.00567. The molecular formula is C34H32ClN3O3. The number of carboxylic acid groups (broad SMARTS) is 1. The van der Waals surface area contributed by atoms with Gasteiger partial charge in [0.05, 0.1) is 22.6 Å². The molecule has 5 aromatic rings. The first kappa shape index (κ1) is 28.1. The van der Waals surface area contributed by atoms with Gasteiger partial charge in [0, 0.05) is 16.1 Å². The molecule has 1 atom stereocenters. The number of imidazole rings is 1. The second-order valence-electron chi connectivity index (χ2n) is 10.5. The van der Waals surface area contributed by atoms with Gasteiger partial charge in [0.2, 0.25) is 0 Å². The van der Waals surface area contributed by atoms with Crippen LogP contribution in [-0.4, -0.2) is 27.0 Å². The second-order valence-corrected chi connectivity index (χ2v) is 10.9. The summed E-state index contributed by atoms with van der Waals surface area (Å²) in [6.45, 7) is 6.33. The van der Waals surface area contributed by atoms with Gasteiger partial charge in [-0.15, -0.1) is 0 Å². The summed E-state index contributed by atoms with van der Waals surface area (Å²) in [6, 6.07) is 25.8. The number of hydrogen-bond donors (Lipinski definition) is 3. The SMILES string of the molecule is CCC[C@@H](NC(=O)c1ccc(-c2cc(Cl)ccc2-c2nc3cc(C(C)C)ccc3[nH]2)c(C(=O)O)c1)c1ccccc1. The van der Waals surface area contributed by atoms with E-state index < -0.39 is 5.97 Å². The van der Waals surface area contributed by atoms with E-state index in [-0.39, 0.29) is 23.1 Å². The van der Waals surface area contributed by atoms with Crippen molar-refractivity contribution in [2.45, 2.75) is 45.6 Å². The number of carbonyl (C=O) groups excluding carboxylic acids is 1. The van der Waals surface area contributed by atoms with Gasteiger partial charge in [0.1, 0.15) is 5.82 Å². The van der Waals surface area contributed by atoms with E-state index in [9.17, 15) is 14.7 Å². The number of amides is 1. The number of fused-ring (bicyclic) bond motifs is 1. The number of rotatable bonds is 9. The fourth-order valence-electron chi connectivity index (χ4n) is 5.09. The molecule has 208 valence electrons. The minimum atomic E-state index is -1.14. The summed E-state index contributed by atoms with van der Waals surface area (Å²) in [6.07, 6.45) is 1.65. The van der Waals surface area contributed by atoms with Crippen molar-refractivity contribution in [3.8, 4) is 22.5 Å². The van der Waals surface area contributed by atoms with E-state index in [4.69, 9.17) is 16.6 Å². The van der Waals surface area contributed by atoms with Crippen LogP contribution in [0.4, 0.5) is 0 Å². The highest BCUT2D eigenvalue weighted by Crippen LogP contribution is 2.36. The third-order valence-corrected chi connectivity index (χ3v) is 7.53. The van der Waals surface area contributed by atoms with Crippen molar-refractivity contribution < 1.29 is 14.7 Å². The summed E-state index contributed by atoms with van der Waals surface area (Å²) in [5, 5.41) is 13.8. The molecule has 0 saturated heterocycles. The standard InChI is InChI=1S/C34H32ClN3O3/c1-4-8-29(21-9-6-5-7-10-21)38-33(39)23-11-14-25(28(17-23)34(40)41)27-19-24(35)13-15-26(27)32-36-30-16-12-22(20(2)3)18-31(30)37-32/h5-7,9-20,29H,4,8H2,1-3H3,(H,36,37)(H,38,39)(H,40,41)/t29-/m1/s1. The number of aromatic carboxylic acids is 1. The Morgan fingerprint density at radius 1 is 0.902 bits per heavy atom. The molecule has 41 heavy (non-hydrogen) atoms. The van der Waals surface area contributed by atoms with Crippen LogP contribution in [-0.2, 0) is 0 Å². The molecule has 0 fully saturated rings. The highest BCUT2D eigenvalue weighted by atomic mass is 35.5. The monoisotopic (exact) mass is 565 g/mol. The van der Waals surface area contributed by atoms with Gasteiger partial charge >= 0.3 is 5.97 Å². The number of nitrogens with one attached hydrogen (secondary N) is 2. The fraction of sp³-hybridized carbons (Fsp3) is 0.206. The van der Waals surface area contributed by atoms with Crippen molar-refractivity contribution in [3.05, 3.63) is 112 Å². The zero-order valence-corrected chi connectivity index (χ0v) is 24.0. The molecule has 0 saturated carbocycles. The predicted octanol–water partition coefficient (Wildman–Crippen LogP) is 8.64. The zero-order valence-electron chi connectivity index (χ0n) is 23.2. The average Bonchev–Trinajstić information content (AvgIpc) is 3.40. The van der Waals surface area contributed by atoms with Gasteiger partial charge in [0.15, 0.2) is 0 Å². The molecule has 7 heteroatoms. The third-order valence-electron chi connectivity index (χ3n) is 7.30. The Balaban J connectivity index is 1.54. The lowest BCUT2D eigenvalue weighted by molar-refractivity contribution is 0.0697. The highest BCUT2D eigenvalue weighted by Gasteiger charge is 2.22. The van der Waals surface area contributed by atoms with Crippen LogP contribution in [0.1, 0.15) is 77.4 Å². The van der Waals surface area contributed by atoms with Crippen LogP contribution in [0, 0.1) is 0 Å². The number of aromatic amines is 1. The summed E-state index contributed by atoms with van der Waals surface area (Å²) in [5.41, 5.74) is 5.95. The molecule has 0 aliphatic carbocycles. The minimum Gasteiger partial charge on any atom is -0.478 e. The molecule has 0 aliphatic rings. The number of carbonyl (C=O) groups is 2. The molecule has 5 rings (SSSR count). The largest absolute Gasteiger partial charge is 0.478 e. The Labute approximate surface area is 244 Å². The van der Waals surface area contributed by atoms with E-state index in [0.717, 1.165) is 29.4 Å². The van der Waals surface area contributed by atoms with Gasteiger partial charge in [-0.05, 0) is 77.1 Å². The van der Waals surface area contributed by atoms with Crippen molar-refractivity contribution in [1.82, 2.24) is 15.3 Å². The van der Waals surface area contributed by atoms with E-state index in [1.54, 1.807) is 24.3 Å². The number of aromatic nitrogens is 2. The van der Waals surface area contributed by atoms with Gasteiger partial charge in [-0.3, -0.25) is 4.79 Å². The number of halogens is 1. The van der Waals surface area contributed by atoms with Gasteiger partial charge in [-0.2, -0.15) is 0 Å². The van der Waals surface area contributed by atoms with Crippen LogP contribution in [0.5, 0.6) is 0 Å². The van der Waals surface area contributed by atoms with Crippen molar-refractivity contribution in [1.29, 1.82) is 0 Å². The topological polar surface area (TPSA) is 95.1 Å². The normalized spacial score (nSPS) is 12.0. The van der Waals surface area contributed by atoms with Crippen molar-refractivity contribution in [2.75, 3.05) is 0 Å². The van der Waals surface area contributed by atoms with E-state index in [2.05, 4.69) is 43.2 Å². The summed E-state index contributed by atoms with van der Waals surface area (Å²) in [4.78, 5) is 34.0. The van der Waals surface area contributed by atoms with E-state index in [1.807, 2.05) is 42.5 Å². The number of hydrogen-bond acceptors (Lipinski definition) is 3. The maximum absolute atomic E-state index is 13.3. The second kappa shape index (κ2) is 12.0. The van der Waals surface area contributed by atoms with Crippen molar-refractivity contribution in [2.24, 2.45) is 0 Å². The highest BCUT2D eigenvalue weighted by molar-refractivity contribution is 6.31. The summed E-state index contributed by atoms with van der Waals surface area (Å²) in [5.74, 6) is -0.494. The molecule has 4 aromatic carbocycles. The molecule has 0 aliphatic heterocycles. The fourth-order valence-corrected chi connectivity index (χ4v) is 5.26. The smallest absolute Gasteiger partial charge is 0.336 e. The Hall–Kier alpha value is -4.42.